The highest BCUT2D eigenvalue weighted by Crippen LogP contribution is 2.28. The van der Waals surface area contributed by atoms with Gasteiger partial charge in [0.05, 0.1) is 5.56 Å². The van der Waals surface area contributed by atoms with Gasteiger partial charge in [0.1, 0.15) is 4.99 Å². The molecule has 0 spiro atoms. The van der Waals surface area contributed by atoms with Crippen molar-refractivity contribution in [2.75, 3.05) is 5.32 Å². The molecule has 1 aromatic heterocycles. The molecule has 0 radical (unpaired) electrons. The first kappa shape index (κ1) is 14.3. The van der Waals surface area contributed by atoms with E-state index in [4.69, 9.17) is 18.0 Å². The van der Waals surface area contributed by atoms with Crippen molar-refractivity contribution >= 4 is 22.9 Å². The SMILES string of the molecule is Cc1cc(NC2CCC(C)CC2)c(C(N)=S)c(C)n1. The zero-order valence-corrected chi connectivity index (χ0v) is 12.8. The van der Waals surface area contributed by atoms with Crippen molar-refractivity contribution in [1.82, 2.24) is 4.98 Å². The number of rotatable bonds is 3. The summed E-state index contributed by atoms with van der Waals surface area (Å²) < 4.78 is 0. The lowest BCUT2D eigenvalue weighted by Gasteiger charge is -2.28. The van der Waals surface area contributed by atoms with Crippen LogP contribution in [-0.2, 0) is 0 Å². The summed E-state index contributed by atoms with van der Waals surface area (Å²) in [5, 5.41) is 3.63. The summed E-state index contributed by atoms with van der Waals surface area (Å²) >= 11 is 5.16. The van der Waals surface area contributed by atoms with Gasteiger partial charge in [0.15, 0.2) is 0 Å². The Bertz CT molecular complexity index is 477. The topological polar surface area (TPSA) is 50.9 Å². The summed E-state index contributed by atoms with van der Waals surface area (Å²) in [7, 11) is 0. The van der Waals surface area contributed by atoms with Crippen molar-refractivity contribution in [3.8, 4) is 0 Å². The quantitative estimate of drug-likeness (QED) is 0.832. The maximum atomic E-state index is 5.84. The molecule has 3 nitrogen and oxygen atoms in total. The normalized spacial score (nSPS) is 23.1. The average molecular weight is 277 g/mol. The van der Waals surface area contributed by atoms with Gasteiger partial charge in [0, 0.05) is 23.1 Å². The number of anilines is 1. The van der Waals surface area contributed by atoms with E-state index >= 15 is 0 Å². The van der Waals surface area contributed by atoms with Crippen LogP contribution in [0.1, 0.15) is 49.6 Å². The summed E-state index contributed by atoms with van der Waals surface area (Å²) in [6.45, 7) is 6.30. The fraction of sp³-hybridized carbons (Fsp3) is 0.600. The van der Waals surface area contributed by atoms with Crippen LogP contribution in [0, 0.1) is 19.8 Å². The number of thiocarbonyl (C=S) groups is 1. The van der Waals surface area contributed by atoms with Crippen LogP contribution in [-0.4, -0.2) is 16.0 Å². The van der Waals surface area contributed by atoms with E-state index in [1.165, 1.54) is 25.7 Å². The molecule has 0 saturated heterocycles. The van der Waals surface area contributed by atoms with E-state index in [0.29, 0.717) is 11.0 Å². The molecule has 1 aliphatic rings. The number of aromatic nitrogens is 1. The number of nitrogens with zero attached hydrogens (tertiary/aromatic N) is 1. The van der Waals surface area contributed by atoms with Gasteiger partial charge in [-0.25, -0.2) is 0 Å². The number of hydrogen-bond donors (Lipinski definition) is 2. The summed E-state index contributed by atoms with van der Waals surface area (Å²) in [5.41, 5.74) is 9.72. The van der Waals surface area contributed by atoms with E-state index in [1.54, 1.807) is 0 Å². The minimum Gasteiger partial charge on any atom is -0.389 e. The lowest BCUT2D eigenvalue weighted by molar-refractivity contribution is 0.361. The number of nitrogens with two attached hydrogens (primary N) is 1. The molecule has 0 aliphatic heterocycles. The molecule has 1 saturated carbocycles. The molecule has 1 heterocycles. The molecule has 19 heavy (non-hydrogen) atoms. The molecule has 0 bridgehead atoms. The first-order valence-electron chi connectivity index (χ1n) is 7.02. The molecule has 0 aromatic carbocycles. The van der Waals surface area contributed by atoms with Crippen molar-refractivity contribution in [2.45, 2.75) is 52.5 Å². The second-order valence-electron chi connectivity index (χ2n) is 5.74. The molecular weight excluding hydrogens is 254 g/mol. The van der Waals surface area contributed by atoms with Crippen LogP contribution in [0.3, 0.4) is 0 Å². The van der Waals surface area contributed by atoms with E-state index < -0.39 is 0 Å². The van der Waals surface area contributed by atoms with Crippen molar-refractivity contribution in [2.24, 2.45) is 11.7 Å². The maximum Gasteiger partial charge on any atom is 0.107 e. The largest absolute Gasteiger partial charge is 0.389 e. The minimum absolute atomic E-state index is 0.427. The van der Waals surface area contributed by atoms with Gasteiger partial charge in [-0.3, -0.25) is 4.98 Å². The smallest absolute Gasteiger partial charge is 0.107 e. The fourth-order valence-corrected chi connectivity index (χ4v) is 3.14. The highest BCUT2D eigenvalue weighted by atomic mass is 32.1. The van der Waals surface area contributed by atoms with Gasteiger partial charge in [-0.05, 0) is 51.5 Å². The fourth-order valence-electron chi connectivity index (χ4n) is 2.88. The van der Waals surface area contributed by atoms with Crippen LogP contribution in [0.15, 0.2) is 6.07 Å². The zero-order valence-electron chi connectivity index (χ0n) is 12.0. The second-order valence-corrected chi connectivity index (χ2v) is 6.18. The number of pyridine rings is 1. The summed E-state index contributed by atoms with van der Waals surface area (Å²) in [6.07, 6.45) is 5.03. The van der Waals surface area contributed by atoms with Crippen LogP contribution in [0.4, 0.5) is 5.69 Å². The lowest BCUT2D eigenvalue weighted by atomic mass is 9.87. The first-order valence-corrected chi connectivity index (χ1v) is 7.42. The predicted octanol–water partition coefficient (Wildman–Crippen LogP) is 3.32. The Kier molecular flexibility index (Phi) is 4.40. The molecule has 0 unspecified atom stereocenters. The van der Waals surface area contributed by atoms with Gasteiger partial charge in [-0.2, -0.15) is 0 Å². The van der Waals surface area contributed by atoms with Crippen LogP contribution in [0.5, 0.6) is 0 Å². The number of nitrogens with one attached hydrogen (secondary N) is 1. The second kappa shape index (κ2) is 5.87. The third-order valence-corrected chi connectivity index (χ3v) is 4.15. The standard InChI is InChI=1S/C15H23N3S/c1-9-4-6-12(7-5-9)18-13-8-10(2)17-11(3)14(13)15(16)19/h8-9,12H,4-7H2,1-3H3,(H2,16,19)(H,17,18). The molecule has 104 valence electrons. The predicted molar refractivity (Wildman–Crippen MR) is 84.6 cm³/mol. The minimum atomic E-state index is 0.427. The van der Waals surface area contributed by atoms with Gasteiger partial charge in [0.25, 0.3) is 0 Å². The molecule has 0 amide bonds. The van der Waals surface area contributed by atoms with Gasteiger partial charge in [-0.15, -0.1) is 0 Å². The van der Waals surface area contributed by atoms with Crippen LogP contribution in [0.2, 0.25) is 0 Å². The molecule has 1 aliphatic carbocycles. The molecule has 1 aromatic rings. The highest BCUT2D eigenvalue weighted by Gasteiger charge is 2.20. The Morgan fingerprint density at radius 1 is 1.32 bits per heavy atom. The van der Waals surface area contributed by atoms with E-state index in [0.717, 1.165) is 28.6 Å². The highest BCUT2D eigenvalue weighted by molar-refractivity contribution is 7.80. The molecule has 2 rings (SSSR count). The Morgan fingerprint density at radius 2 is 1.95 bits per heavy atom. The van der Waals surface area contributed by atoms with E-state index in [9.17, 15) is 0 Å². The van der Waals surface area contributed by atoms with Gasteiger partial charge in [0.2, 0.25) is 0 Å². The third kappa shape index (κ3) is 3.44. The van der Waals surface area contributed by atoms with Crippen molar-refractivity contribution < 1.29 is 0 Å². The van der Waals surface area contributed by atoms with E-state index in [2.05, 4.69) is 23.3 Å². The van der Waals surface area contributed by atoms with Gasteiger partial charge >= 0.3 is 0 Å². The first-order chi connectivity index (χ1) is 8.97. The Hall–Kier alpha value is -1.16. The average Bonchev–Trinajstić information content (AvgIpc) is 2.30. The van der Waals surface area contributed by atoms with Gasteiger partial charge in [-0.1, -0.05) is 19.1 Å². The Balaban J connectivity index is 2.21. The summed E-state index contributed by atoms with van der Waals surface area (Å²) in [4.78, 5) is 4.88. The maximum absolute atomic E-state index is 5.84. The number of aryl methyl sites for hydroxylation is 2. The van der Waals surface area contributed by atoms with Crippen LogP contribution < -0.4 is 11.1 Å². The summed E-state index contributed by atoms with van der Waals surface area (Å²) in [6, 6.07) is 2.59. The lowest BCUT2D eigenvalue weighted by Crippen LogP contribution is -2.27. The third-order valence-electron chi connectivity index (χ3n) is 3.95. The molecule has 0 atom stereocenters. The van der Waals surface area contributed by atoms with Crippen molar-refractivity contribution in [1.29, 1.82) is 0 Å². The van der Waals surface area contributed by atoms with Crippen LogP contribution >= 0.6 is 12.2 Å². The Morgan fingerprint density at radius 3 is 2.53 bits per heavy atom. The zero-order chi connectivity index (χ0) is 14.0. The molecule has 3 N–H and O–H groups in total. The van der Waals surface area contributed by atoms with Crippen molar-refractivity contribution in [3.05, 3.63) is 23.0 Å². The van der Waals surface area contributed by atoms with E-state index in [1.807, 2.05) is 13.8 Å². The van der Waals surface area contributed by atoms with E-state index in [-0.39, 0.29) is 0 Å². The summed E-state index contributed by atoms with van der Waals surface area (Å²) in [5.74, 6) is 0.856. The van der Waals surface area contributed by atoms with Gasteiger partial charge < -0.3 is 11.1 Å². The van der Waals surface area contributed by atoms with Crippen molar-refractivity contribution in [3.63, 3.8) is 0 Å². The number of hydrogen-bond acceptors (Lipinski definition) is 3. The van der Waals surface area contributed by atoms with Crippen LogP contribution in [0.25, 0.3) is 0 Å². The monoisotopic (exact) mass is 277 g/mol. The Labute approximate surface area is 121 Å². The molecular formula is C15H23N3S. The molecule has 4 heteroatoms. The molecule has 1 fully saturated rings.